The molecular weight excluding hydrogens is 228 g/mol. The van der Waals surface area contributed by atoms with Crippen molar-refractivity contribution in [3.05, 3.63) is 22.3 Å². The number of hydrogen-bond acceptors (Lipinski definition) is 5. The Hall–Kier alpha value is 0.680. The second-order valence-electron chi connectivity index (χ2n) is 2.49. The minimum atomic E-state index is -0.193. The zero-order valence-corrected chi connectivity index (χ0v) is 10.0. The van der Waals surface area contributed by atoms with E-state index in [0.717, 1.165) is 11.1 Å². The van der Waals surface area contributed by atoms with Crippen LogP contribution in [0.2, 0.25) is 0 Å². The number of rotatable bonds is 1. The fourth-order valence-corrected chi connectivity index (χ4v) is 1.98. The van der Waals surface area contributed by atoms with Crippen LogP contribution in [0.1, 0.15) is 6.92 Å². The summed E-state index contributed by atoms with van der Waals surface area (Å²) in [4.78, 5) is 0. The van der Waals surface area contributed by atoms with Crippen LogP contribution in [0.4, 0.5) is 0 Å². The standard InChI is InChI=1S/C7H10OS4/c1-3-2-4(7(11)12)6(10)8-5(3)9/h2,5,7,9-12H,1H3. The maximum Gasteiger partial charge on any atom is 0.163 e. The van der Waals surface area contributed by atoms with E-state index in [0.29, 0.717) is 5.09 Å². The monoisotopic (exact) mass is 238 g/mol. The molecule has 0 aliphatic carbocycles. The molecule has 0 fully saturated rings. The Labute approximate surface area is 94.3 Å². The van der Waals surface area contributed by atoms with Crippen LogP contribution in [-0.2, 0) is 4.74 Å². The lowest BCUT2D eigenvalue weighted by atomic mass is 10.2. The van der Waals surface area contributed by atoms with Gasteiger partial charge < -0.3 is 4.74 Å². The Bertz CT molecular complexity index is 244. The van der Waals surface area contributed by atoms with Crippen molar-refractivity contribution in [1.82, 2.24) is 0 Å². The summed E-state index contributed by atoms with van der Waals surface area (Å²) in [6.45, 7) is 1.95. The molecule has 1 aliphatic rings. The highest BCUT2D eigenvalue weighted by Crippen LogP contribution is 2.31. The molecule has 0 saturated heterocycles. The smallest absolute Gasteiger partial charge is 0.163 e. The van der Waals surface area contributed by atoms with Gasteiger partial charge in [0, 0.05) is 5.57 Å². The van der Waals surface area contributed by atoms with Gasteiger partial charge in [0.25, 0.3) is 0 Å². The predicted octanol–water partition coefficient (Wildman–Crippen LogP) is 2.55. The summed E-state index contributed by atoms with van der Waals surface area (Å²) in [5.74, 6) is 0. The largest absolute Gasteiger partial charge is 0.469 e. The van der Waals surface area contributed by atoms with Gasteiger partial charge in [-0.2, -0.15) is 25.3 Å². The SMILES string of the molecule is CC1=CC(C(S)S)=C(S)OC1S. The summed E-state index contributed by atoms with van der Waals surface area (Å²) >= 11 is 16.7. The van der Waals surface area contributed by atoms with Crippen molar-refractivity contribution >= 4 is 50.5 Å². The fourth-order valence-electron chi connectivity index (χ4n) is 0.830. The number of ether oxygens (including phenoxy) is 1. The van der Waals surface area contributed by atoms with Crippen molar-refractivity contribution in [3.8, 4) is 0 Å². The molecule has 0 saturated carbocycles. The van der Waals surface area contributed by atoms with Gasteiger partial charge in [-0.25, -0.2) is 0 Å². The quantitative estimate of drug-likeness (QED) is 0.406. The van der Waals surface area contributed by atoms with Crippen LogP contribution >= 0.6 is 50.5 Å². The minimum Gasteiger partial charge on any atom is -0.469 e. The third kappa shape index (κ3) is 2.34. The Morgan fingerprint density at radius 3 is 2.58 bits per heavy atom. The van der Waals surface area contributed by atoms with E-state index < -0.39 is 0 Å². The van der Waals surface area contributed by atoms with Gasteiger partial charge in [0.05, 0.1) is 4.58 Å². The molecule has 0 aromatic carbocycles. The first kappa shape index (κ1) is 10.8. The van der Waals surface area contributed by atoms with Gasteiger partial charge in [-0.05, 0) is 18.6 Å². The summed E-state index contributed by atoms with van der Waals surface area (Å²) in [6, 6.07) is 0. The van der Waals surface area contributed by atoms with Crippen LogP contribution in [0.3, 0.4) is 0 Å². The van der Waals surface area contributed by atoms with E-state index in [-0.39, 0.29) is 10.0 Å². The van der Waals surface area contributed by atoms with Crippen LogP contribution in [0.15, 0.2) is 22.3 Å². The maximum atomic E-state index is 5.31. The number of thiol groups is 4. The van der Waals surface area contributed by atoms with Crippen LogP contribution in [0.25, 0.3) is 0 Å². The van der Waals surface area contributed by atoms with E-state index in [1.807, 2.05) is 13.0 Å². The van der Waals surface area contributed by atoms with E-state index in [1.54, 1.807) is 0 Å². The van der Waals surface area contributed by atoms with E-state index >= 15 is 0 Å². The van der Waals surface area contributed by atoms with E-state index in [4.69, 9.17) is 4.74 Å². The van der Waals surface area contributed by atoms with Gasteiger partial charge in [-0.15, -0.1) is 25.3 Å². The third-order valence-electron chi connectivity index (χ3n) is 1.52. The fraction of sp³-hybridized carbons (Fsp3) is 0.429. The second kappa shape index (κ2) is 4.26. The molecule has 1 heterocycles. The molecule has 12 heavy (non-hydrogen) atoms. The molecule has 1 rings (SSSR count). The molecule has 5 heteroatoms. The lowest BCUT2D eigenvalue weighted by Gasteiger charge is -2.22. The first-order chi connectivity index (χ1) is 5.52. The Morgan fingerprint density at radius 2 is 2.08 bits per heavy atom. The molecule has 0 amide bonds. The molecule has 1 aliphatic heterocycles. The number of allylic oxidation sites excluding steroid dienone is 1. The number of hydrogen-bond donors (Lipinski definition) is 4. The van der Waals surface area contributed by atoms with Gasteiger partial charge in [-0.1, -0.05) is 0 Å². The van der Waals surface area contributed by atoms with Crippen LogP contribution < -0.4 is 0 Å². The summed E-state index contributed by atoms with van der Waals surface area (Å²) < 4.78 is 5.16. The molecule has 1 atom stereocenters. The first-order valence-electron chi connectivity index (χ1n) is 3.34. The summed E-state index contributed by atoms with van der Waals surface area (Å²) in [7, 11) is 0. The van der Waals surface area contributed by atoms with Crippen LogP contribution in [-0.4, -0.2) is 10.0 Å². The van der Waals surface area contributed by atoms with Crippen molar-refractivity contribution in [2.45, 2.75) is 16.9 Å². The maximum absolute atomic E-state index is 5.31. The van der Waals surface area contributed by atoms with Gasteiger partial charge in [0.15, 0.2) is 10.5 Å². The van der Waals surface area contributed by atoms with E-state index in [1.165, 1.54) is 0 Å². The highest BCUT2D eigenvalue weighted by molar-refractivity contribution is 7.99. The zero-order valence-electron chi connectivity index (χ0n) is 6.43. The topological polar surface area (TPSA) is 9.23 Å². The molecular formula is C7H10OS4. The van der Waals surface area contributed by atoms with E-state index in [2.05, 4.69) is 50.5 Å². The molecule has 0 spiro atoms. The average Bonchev–Trinajstić information content (AvgIpc) is 1.96. The third-order valence-corrected chi connectivity index (χ3v) is 2.95. The van der Waals surface area contributed by atoms with Crippen molar-refractivity contribution in [2.75, 3.05) is 0 Å². The lowest BCUT2D eigenvalue weighted by molar-refractivity contribution is 0.235. The van der Waals surface area contributed by atoms with Crippen molar-refractivity contribution < 1.29 is 4.74 Å². The highest BCUT2D eigenvalue weighted by Gasteiger charge is 2.19. The van der Waals surface area contributed by atoms with Gasteiger partial charge in [-0.3, -0.25) is 0 Å². The molecule has 1 nitrogen and oxygen atoms in total. The van der Waals surface area contributed by atoms with Gasteiger partial charge >= 0.3 is 0 Å². The van der Waals surface area contributed by atoms with Gasteiger partial charge in [0.1, 0.15) is 0 Å². The minimum absolute atomic E-state index is 0.159. The molecule has 0 bridgehead atoms. The highest BCUT2D eigenvalue weighted by atomic mass is 32.2. The van der Waals surface area contributed by atoms with Crippen LogP contribution in [0, 0.1) is 0 Å². The molecule has 0 aromatic rings. The second-order valence-corrected chi connectivity index (χ2v) is 4.81. The molecule has 0 N–H and O–H groups in total. The zero-order chi connectivity index (χ0) is 9.30. The average molecular weight is 238 g/mol. The predicted molar refractivity (Wildman–Crippen MR) is 65.4 cm³/mol. The summed E-state index contributed by atoms with van der Waals surface area (Å²) in [5.41, 5.74) is 1.73. The van der Waals surface area contributed by atoms with Crippen molar-refractivity contribution in [2.24, 2.45) is 0 Å². The molecule has 0 radical (unpaired) electrons. The lowest BCUT2D eigenvalue weighted by Crippen LogP contribution is -2.13. The van der Waals surface area contributed by atoms with Crippen molar-refractivity contribution in [1.29, 1.82) is 0 Å². The van der Waals surface area contributed by atoms with Crippen LogP contribution in [0.5, 0.6) is 0 Å². The molecule has 0 aromatic heterocycles. The first-order valence-corrected chi connectivity index (χ1v) is 5.34. The van der Waals surface area contributed by atoms with Crippen molar-refractivity contribution in [3.63, 3.8) is 0 Å². The Morgan fingerprint density at radius 1 is 1.50 bits per heavy atom. The van der Waals surface area contributed by atoms with Gasteiger partial charge in [0.2, 0.25) is 0 Å². The summed E-state index contributed by atoms with van der Waals surface area (Å²) in [6.07, 6.45) is 1.95. The Kier molecular flexibility index (Phi) is 3.82. The normalized spacial score (nSPS) is 24.2. The Balaban J connectivity index is 2.94. The molecule has 68 valence electrons. The molecule has 1 unspecified atom stereocenters. The van der Waals surface area contributed by atoms with E-state index in [9.17, 15) is 0 Å². The summed E-state index contributed by atoms with van der Waals surface area (Å²) in [5, 5.41) is 0.551.